The summed E-state index contributed by atoms with van der Waals surface area (Å²) in [5.41, 5.74) is 5.52. The van der Waals surface area contributed by atoms with E-state index in [-0.39, 0.29) is 0 Å². The second-order valence-corrected chi connectivity index (χ2v) is 12.6. The van der Waals surface area contributed by atoms with E-state index in [0.29, 0.717) is 0 Å². The first-order chi connectivity index (χ1) is 19.8. The molecule has 10 aromatic rings. The van der Waals surface area contributed by atoms with E-state index in [4.69, 9.17) is 4.42 Å². The van der Waals surface area contributed by atoms with Crippen molar-refractivity contribution in [3.8, 4) is 5.69 Å². The van der Waals surface area contributed by atoms with Crippen LogP contribution in [-0.2, 0) is 0 Å². The number of fused-ring (bicyclic) bond motifs is 15. The molecule has 0 N–H and O–H groups in total. The Bertz CT molecular complexity index is 2660. The normalized spacial score (nSPS) is 12.5. The van der Waals surface area contributed by atoms with E-state index in [1.165, 1.54) is 62.2 Å². The number of para-hydroxylation sites is 2. The lowest BCUT2D eigenvalue weighted by Gasteiger charge is -2.09. The fourth-order valence-corrected chi connectivity index (χ4v) is 9.33. The highest BCUT2D eigenvalue weighted by atomic mass is 32.1. The van der Waals surface area contributed by atoms with E-state index >= 15 is 0 Å². The molecule has 0 atom stereocenters. The lowest BCUT2D eigenvalue weighted by Crippen LogP contribution is -1.93. The first-order valence-corrected chi connectivity index (χ1v) is 15.1. The third kappa shape index (κ3) is 2.58. The zero-order valence-electron chi connectivity index (χ0n) is 21.1. The number of hydrogen-bond acceptors (Lipinski definition) is 3. The molecule has 0 aliphatic rings. The second-order valence-electron chi connectivity index (χ2n) is 10.5. The molecule has 6 aromatic carbocycles. The van der Waals surface area contributed by atoms with E-state index in [1.807, 2.05) is 28.7 Å². The van der Waals surface area contributed by atoms with Crippen molar-refractivity contribution in [3.63, 3.8) is 0 Å². The topological polar surface area (TPSA) is 18.1 Å². The highest BCUT2D eigenvalue weighted by Crippen LogP contribution is 2.52. The summed E-state index contributed by atoms with van der Waals surface area (Å²) in [5.74, 6) is 0. The van der Waals surface area contributed by atoms with Crippen molar-refractivity contribution < 1.29 is 4.42 Å². The molecular formula is C36H19NOS2. The summed E-state index contributed by atoms with van der Waals surface area (Å²) in [7, 11) is 0. The van der Waals surface area contributed by atoms with E-state index in [2.05, 4.69) is 114 Å². The van der Waals surface area contributed by atoms with Crippen molar-refractivity contribution in [2.24, 2.45) is 0 Å². The zero-order valence-corrected chi connectivity index (χ0v) is 22.8. The van der Waals surface area contributed by atoms with Gasteiger partial charge < -0.3 is 8.98 Å². The molecule has 10 rings (SSSR count). The van der Waals surface area contributed by atoms with Crippen molar-refractivity contribution in [2.75, 3.05) is 0 Å². The minimum Gasteiger partial charge on any atom is -0.456 e. The average molecular weight is 546 g/mol. The maximum absolute atomic E-state index is 6.20. The molecule has 0 bridgehead atoms. The molecule has 0 saturated carbocycles. The molecule has 0 saturated heterocycles. The number of aromatic nitrogens is 1. The lowest BCUT2D eigenvalue weighted by molar-refractivity contribution is 0.669. The Balaban J connectivity index is 1.50. The standard InChI is InChI=1S/C36H19NOS2/c1-5-13-26-22(10-1)31-32-23-11-3-7-15-29(23)39-35(32)33-24-12-4-8-16-30(24)40-36(33)34(31)37(26)20-17-18-28-25(19-20)21-9-2-6-14-27(21)38-28/h1-19H. The maximum Gasteiger partial charge on any atom is 0.135 e. The number of furan rings is 1. The molecule has 4 heteroatoms. The average Bonchev–Trinajstić information content (AvgIpc) is 3.75. The van der Waals surface area contributed by atoms with E-state index < -0.39 is 0 Å². The van der Waals surface area contributed by atoms with Crippen LogP contribution in [0.25, 0.3) is 89.8 Å². The Hall–Kier alpha value is -4.64. The van der Waals surface area contributed by atoms with Crippen molar-refractivity contribution >= 4 is 107 Å². The largest absolute Gasteiger partial charge is 0.456 e. The number of thiophene rings is 2. The van der Waals surface area contributed by atoms with Gasteiger partial charge in [-0.2, -0.15) is 0 Å². The van der Waals surface area contributed by atoms with Gasteiger partial charge in [0.2, 0.25) is 0 Å². The van der Waals surface area contributed by atoms with Gasteiger partial charge >= 0.3 is 0 Å². The molecule has 40 heavy (non-hydrogen) atoms. The first kappa shape index (κ1) is 21.2. The minimum atomic E-state index is 0.920. The molecule has 4 heterocycles. The van der Waals surface area contributed by atoms with Crippen LogP contribution in [0.15, 0.2) is 120 Å². The number of benzene rings is 6. The van der Waals surface area contributed by atoms with Crippen LogP contribution < -0.4 is 0 Å². The van der Waals surface area contributed by atoms with Gasteiger partial charge in [0.25, 0.3) is 0 Å². The van der Waals surface area contributed by atoms with Crippen LogP contribution in [0.2, 0.25) is 0 Å². The van der Waals surface area contributed by atoms with Crippen LogP contribution in [-0.4, -0.2) is 4.57 Å². The summed E-state index contributed by atoms with van der Waals surface area (Å²) >= 11 is 3.84. The Labute approximate surface area is 235 Å². The Morgan fingerprint density at radius 2 is 1.10 bits per heavy atom. The molecule has 2 nitrogen and oxygen atoms in total. The predicted octanol–water partition coefficient (Wildman–Crippen LogP) is 11.4. The molecule has 0 radical (unpaired) electrons. The maximum atomic E-state index is 6.20. The highest BCUT2D eigenvalue weighted by Gasteiger charge is 2.24. The molecule has 0 fully saturated rings. The van der Waals surface area contributed by atoms with E-state index in [1.54, 1.807) is 0 Å². The monoisotopic (exact) mass is 545 g/mol. The zero-order chi connectivity index (χ0) is 25.9. The summed E-state index contributed by atoms with van der Waals surface area (Å²) in [5, 5.41) is 10.4. The molecule has 0 unspecified atom stereocenters. The van der Waals surface area contributed by atoms with Gasteiger partial charge in [0.15, 0.2) is 0 Å². The molecule has 0 aliphatic carbocycles. The van der Waals surface area contributed by atoms with Crippen molar-refractivity contribution in [1.82, 2.24) is 4.57 Å². The van der Waals surface area contributed by atoms with Gasteiger partial charge in [0.05, 0.1) is 15.7 Å². The fraction of sp³-hybridized carbons (Fsp3) is 0. The van der Waals surface area contributed by atoms with Crippen LogP contribution in [0.4, 0.5) is 0 Å². The number of hydrogen-bond donors (Lipinski definition) is 0. The van der Waals surface area contributed by atoms with Crippen LogP contribution in [0, 0.1) is 0 Å². The third-order valence-electron chi connectivity index (χ3n) is 8.38. The Morgan fingerprint density at radius 3 is 1.93 bits per heavy atom. The van der Waals surface area contributed by atoms with Crippen molar-refractivity contribution in [3.05, 3.63) is 115 Å². The molecule has 0 aliphatic heterocycles. The summed E-state index contributed by atoms with van der Waals surface area (Å²) in [6.07, 6.45) is 0. The molecule has 0 amide bonds. The van der Waals surface area contributed by atoms with Crippen molar-refractivity contribution in [2.45, 2.75) is 0 Å². The predicted molar refractivity (Wildman–Crippen MR) is 174 cm³/mol. The molecule has 186 valence electrons. The summed E-state index contributed by atoms with van der Waals surface area (Å²) in [4.78, 5) is 0. The number of rotatable bonds is 1. The smallest absolute Gasteiger partial charge is 0.135 e. The van der Waals surface area contributed by atoms with Crippen LogP contribution >= 0.6 is 22.7 Å². The third-order valence-corrected chi connectivity index (χ3v) is 10.7. The van der Waals surface area contributed by atoms with Gasteiger partial charge in [-0.3, -0.25) is 0 Å². The minimum absolute atomic E-state index is 0.920. The Morgan fingerprint density at radius 1 is 0.475 bits per heavy atom. The first-order valence-electron chi connectivity index (χ1n) is 13.4. The lowest BCUT2D eigenvalue weighted by atomic mass is 10.0. The highest BCUT2D eigenvalue weighted by molar-refractivity contribution is 7.30. The van der Waals surface area contributed by atoms with Crippen molar-refractivity contribution in [1.29, 1.82) is 0 Å². The molecule has 0 spiro atoms. The van der Waals surface area contributed by atoms with E-state index in [9.17, 15) is 0 Å². The summed E-state index contributed by atoms with van der Waals surface area (Å²) in [6.45, 7) is 0. The van der Waals surface area contributed by atoms with Gasteiger partial charge in [-0.25, -0.2) is 0 Å². The van der Waals surface area contributed by atoms with Gasteiger partial charge in [-0.1, -0.05) is 72.8 Å². The molecule has 4 aromatic heterocycles. The SMILES string of the molecule is c1ccc2c(c1)oc1ccc(-n3c4ccccc4c4c5c6ccccc6sc5c5c6ccccc6sc5c43)cc12. The quantitative estimate of drug-likeness (QED) is 0.201. The van der Waals surface area contributed by atoms with Crippen LogP contribution in [0.5, 0.6) is 0 Å². The van der Waals surface area contributed by atoms with Gasteiger partial charge in [-0.05, 0) is 42.5 Å². The van der Waals surface area contributed by atoms with Crippen LogP contribution in [0.1, 0.15) is 0 Å². The molecular weight excluding hydrogens is 527 g/mol. The summed E-state index contributed by atoms with van der Waals surface area (Å²) in [6, 6.07) is 41.7. The van der Waals surface area contributed by atoms with Gasteiger partial charge in [0, 0.05) is 62.9 Å². The summed E-state index contributed by atoms with van der Waals surface area (Å²) < 4.78 is 14.1. The second kappa shape index (κ2) is 7.51. The van der Waals surface area contributed by atoms with E-state index in [0.717, 1.165) is 27.6 Å². The Kier molecular flexibility index (Phi) is 3.98. The fourth-order valence-electron chi connectivity index (χ4n) is 6.74. The number of nitrogens with zero attached hydrogens (tertiary/aromatic N) is 1. The van der Waals surface area contributed by atoms with Crippen LogP contribution in [0.3, 0.4) is 0 Å². The van der Waals surface area contributed by atoms with Gasteiger partial charge in [-0.15, -0.1) is 22.7 Å². The van der Waals surface area contributed by atoms with Gasteiger partial charge in [0.1, 0.15) is 11.2 Å².